The van der Waals surface area contributed by atoms with Crippen LogP contribution in [0.1, 0.15) is 23.0 Å². The minimum atomic E-state index is -1.12. The normalized spacial score (nSPS) is 12.2. The van der Waals surface area contributed by atoms with Gasteiger partial charge in [-0.2, -0.15) is 0 Å². The number of aromatic amines is 2. The summed E-state index contributed by atoms with van der Waals surface area (Å²) in [6, 6.07) is 8.74. The molecular formula is C20H16FN3O5. The molecule has 0 saturated carbocycles. The Morgan fingerprint density at radius 1 is 1.14 bits per heavy atom. The first-order chi connectivity index (χ1) is 13.8. The number of esters is 1. The van der Waals surface area contributed by atoms with Crippen LogP contribution in [-0.2, 0) is 9.53 Å². The third-order valence-corrected chi connectivity index (χ3v) is 4.52. The van der Waals surface area contributed by atoms with E-state index in [4.69, 9.17) is 9.15 Å². The molecule has 2 heterocycles. The van der Waals surface area contributed by atoms with Crippen LogP contribution in [0.3, 0.4) is 0 Å². The second-order valence-corrected chi connectivity index (χ2v) is 6.57. The second kappa shape index (κ2) is 6.93. The maximum Gasteiger partial charge on any atom is 0.375 e. The molecule has 2 aromatic carbocycles. The highest BCUT2D eigenvalue weighted by molar-refractivity contribution is 6.00. The summed E-state index contributed by atoms with van der Waals surface area (Å²) in [5, 5.41) is 3.08. The summed E-state index contributed by atoms with van der Waals surface area (Å²) < 4.78 is 24.1. The van der Waals surface area contributed by atoms with Crippen LogP contribution in [0.5, 0.6) is 0 Å². The van der Waals surface area contributed by atoms with Crippen LogP contribution >= 0.6 is 0 Å². The lowest BCUT2D eigenvalue weighted by Crippen LogP contribution is -2.30. The van der Waals surface area contributed by atoms with E-state index >= 15 is 0 Å². The van der Waals surface area contributed by atoms with Crippen molar-refractivity contribution in [3.05, 3.63) is 64.0 Å². The second-order valence-electron chi connectivity index (χ2n) is 6.57. The molecule has 2 aromatic heterocycles. The number of hydrogen-bond acceptors (Lipinski definition) is 5. The quantitative estimate of drug-likeness (QED) is 0.457. The van der Waals surface area contributed by atoms with Gasteiger partial charge in [0.2, 0.25) is 5.76 Å². The fourth-order valence-electron chi connectivity index (χ4n) is 3.01. The molecule has 0 unspecified atom stereocenters. The molecular weight excluding hydrogens is 381 g/mol. The molecule has 0 aliphatic rings. The first-order valence-electron chi connectivity index (χ1n) is 8.74. The van der Waals surface area contributed by atoms with E-state index in [1.165, 1.54) is 25.1 Å². The number of furan rings is 1. The molecule has 1 amide bonds. The molecule has 0 bridgehead atoms. The number of anilines is 1. The van der Waals surface area contributed by atoms with Gasteiger partial charge in [0, 0.05) is 16.6 Å². The number of benzene rings is 2. The number of halogens is 1. The largest absolute Gasteiger partial charge is 0.449 e. The maximum atomic E-state index is 13.4. The topological polar surface area (TPSA) is 117 Å². The number of ether oxygens (including phenoxy) is 1. The number of H-pyrrole nitrogens is 2. The Kier molecular flexibility index (Phi) is 4.42. The number of imidazole rings is 1. The molecule has 1 atom stereocenters. The summed E-state index contributed by atoms with van der Waals surface area (Å²) in [6.45, 7) is 3.03. The van der Waals surface area contributed by atoms with E-state index in [2.05, 4.69) is 15.3 Å². The SMILES string of the molecule is Cc1c(C(=O)O[C@@H](C)C(=O)Nc2ccc3[nH]c(=O)[nH]c3c2)oc2ccc(F)cc12. The fraction of sp³-hybridized carbons (Fsp3) is 0.150. The van der Waals surface area contributed by atoms with Crippen molar-refractivity contribution in [2.24, 2.45) is 0 Å². The van der Waals surface area contributed by atoms with Gasteiger partial charge < -0.3 is 24.4 Å². The molecule has 0 aliphatic heterocycles. The van der Waals surface area contributed by atoms with Gasteiger partial charge in [0.25, 0.3) is 5.91 Å². The van der Waals surface area contributed by atoms with E-state index in [1.54, 1.807) is 25.1 Å². The molecule has 9 heteroatoms. The van der Waals surface area contributed by atoms with Crippen molar-refractivity contribution in [3.63, 3.8) is 0 Å². The fourth-order valence-corrected chi connectivity index (χ4v) is 3.01. The Morgan fingerprint density at radius 3 is 2.69 bits per heavy atom. The highest BCUT2D eigenvalue weighted by atomic mass is 19.1. The van der Waals surface area contributed by atoms with Crippen molar-refractivity contribution in [1.29, 1.82) is 0 Å². The van der Waals surface area contributed by atoms with Crippen LogP contribution in [0, 0.1) is 12.7 Å². The van der Waals surface area contributed by atoms with Crippen LogP contribution < -0.4 is 11.0 Å². The summed E-state index contributed by atoms with van der Waals surface area (Å²) >= 11 is 0. The van der Waals surface area contributed by atoms with Crippen molar-refractivity contribution in [1.82, 2.24) is 9.97 Å². The summed E-state index contributed by atoms with van der Waals surface area (Å²) in [5.41, 5.74) is 1.98. The van der Waals surface area contributed by atoms with Gasteiger partial charge in [-0.15, -0.1) is 0 Å². The Labute approximate surface area is 162 Å². The average Bonchev–Trinajstić information content (AvgIpc) is 3.20. The Hall–Kier alpha value is -3.88. The van der Waals surface area contributed by atoms with Crippen LogP contribution in [0.2, 0.25) is 0 Å². The van der Waals surface area contributed by atoms with Crippen LogP contribution in [0.4, 0.5) is 10.1 Å². The Bertz CT molecular complexity index is 1320. The number of carbonyl (C=O) groups is 2. The number of rotatable bonds is 4. The van der Waals surface area contributed by atoms with Crippen molar-refractivity contribution in [3.8, 4) is 0 Å². The average molecular weight is 397 g/mol. The van der Waals surface area contributed by atoms with Crippen molar-refractivity contribution in [2.75, 3.05) is 5.32 Å². The van der Waals surface area contributed by atoms with Gasteiger partial charge >= 0.3 is 11.7 Å². The molecule has 4 rings (SSSR count). The van der Waals surface area contributed by atoms with Crippen LogP contribution in [0.15, 0.2) is 45.6 Å². The first-order valence-corrected chi connectivity index (χ1v) is 8.74. The van der Waals surface area contributed by atoms with Gasteiger partial charge in [0.15, 0.2) is 6.10 Å². The predicted octanol–water partition coefficient (Wildman–Crippen LogP) is 3.23. The van der Waals surface area contributed by atoms with E-state index in [-0.39, 0.29) is 11.4 Å². The smallest absolute Gasteiger partial charge is 0.375 e. The van der Waals surface area contributed by atoms with Gasteiger partial charge in [-0.1, -0.05) is 0 Å². The zero-order valence-corrected chi connectivity index (χ0v) is 15.5. The van der Waals surface area contributed by atoms with Crippen molar-refractivity contribution >= 4 is 39.6 Å². The predicted molar refractivity (Wildman–Crippen MR) is 103 cm³/mol. The molecule has 0 saturated heterocycles. The maximum absolute atomic E-state index is 13.4. The number of nitrogens with one attached hydrogen (secondary N) is 3. The van der Waals surface area contributed by atoms with E-state index in [1.807, 2.05) is 0 Å². The molecule has 29 heavy (non-hydrogen) atoms. The standard InChI is InChI=1S/C20H16FN3O5/c1-9-13-7-11(21)3-6-16(13)29-17(9)19(26)28-10(2)18(25)22-12-4-5-14-15(8-12)24-20(27)23-14/h3-8,10H,1-2H3,(H,22,25)(H2,23,24,27)/t10-/m0/s1. The van der Waals surface area contributed by atoms with Gasteiger partial charge in [-0.05, 0) is 50.2 Å². The highest BCUT2D eigenvalue weighted by Crippen LogP contribution is 2.27. The van der Waals surface area contributed by atoms with E-state index in [0.29, 0.717) is 33.3 Å². The Balaban J connectivity index is 1.48. The third-order valence-electron chi connectivity index (χ3n) is 4.52. The van der Waals surface area contributed by atoms with Gasteiger partial charge in [0.1, 0.15) is 11.4 Å². The monoisotopic (exact) mass is 397 g/mol. The summed E-state index contributed by atoms with van der Waals surface area (Å²) in [5.74, 6) is -1.92. The first kappa shape index (κ1) is 18.5. The molecule has 3 N–H and O–H groups in total. The van der Waals surface area contributed by atoms with E-state index in [9.17, 15) is 18.8 Å². The molecule has 148 valence electrons. The van der Waals surface area contributed by atoms with Crippen molar-refractivity contribution < 1.29 is 23.1 Å². The third kappa shape index (κ3) is 3.49. The minimum absolute atomic E-state index is 0.0865. The molecule has 8 nitrogen and oxygen atoms in total. The van der Waals surface area contributed by atoms with Gasteiger partial charge in [0.05, 0.1) is 11.0 Å². The van der Waals surface area contributed by atoms with Crippen LogP contribution in [0.25, 0.3) is 22.0 Å². The lowest BCUT2D eigenvalue weighted by molar-refractivity contribution is -0.123. The minimum Gasteiger partial charge on any atom is -0.449 e. The van der Waals surface area contributed by atoms with Crippen molar-refractivity contribution in [2.45, 2.75) is 20.0 Å². The molecule has 0 aliphatic carbocycles. The highest BCUT2D eigenvalue weighted by Gasteiger charge is 2.24. The molecule has 4 aromatic rings. The van der Waals surface area contributed by atoms with E-state index < -0.39 is 23.8 Å². The number of aromatic nitrogens is 2. The Morgan fingerprint density at radius 2 is 1.90 bits per heavy atom. The summed E-state index contributed by atoms with van der Waals surface area (Å²) in [7, 11) is 0. The lowest BCUT2D eigenvalue weighted by atomic mass is 10.1. The number of fused-ring (bicyclic) bond motifs is 2. The molecule has 0 fully saturated rings. The zero-order valence-electron chi connectivity index (χ0n) is 15.5. The molecule has 0 radical (unpaired) electrons. The number of hydrogen-bond donors (Lipinski definition) is 3. The zero-order chi connectivity index (χ0) is 20.7. The van der Waals surface area contributed by atoms with E-state index in [0.717, 1.165) is 0 Å². The van der Waals surface area contributed by atoms with Crippen LogP contribution in [-0.4, -0.2) is 27.9 Å². The molecule has 0 spiro atoms. The van der Waals surface area contributed by atoms with Gasteiger partial charge in [-0.25, -0.2) is 14.0 Å². The lowest BCUT2D eigenvalue weighted by Gasteiger charge is -2.13. The number of amides is 1. The number of carbonyl (C=O) groups excluding carboxylic acids is 2. The number of aryl methyl sites for hydroxylation is 1. The van der Waals surface area contributed by atoms with Gasteiger partial charge in [-0.3, -0.25) is 4.79 Å². The summed E-state index contributed by atoms with van der Waals surface area (Å²) in [6.07, 6.45) is -1.12. The summed E-state index contributed by atoms with van der Waals surface area (Å²) in [4.78, 5) is 41.3.